The molecule has 2 aromatic rings. The van der Waals surface area contributed by atoms with Crippen molar-refractivity contribution in [2.24, 2.45) is 0 Å². The molecule has 0 amide bonds. The minimum Gasteiger partial charge on any atom is -0.493 e. The molecule has 2 N–H and O–H groups in total. The number of aromatic nitrogens is 2. The first-order valence-corrected chi connectivity index (χ1v) is 6.97. The first-order valence-electron chi connectivity index (χ1n) is 5.80. The summed E-state index contributed by atoms with van der Waals surface area (Å²) in [5.41, 5.74) is 0.669. The van der Waals surface area contributed by atoms with E-state index in [1.165, 1.54) is 0 Å². The standard InChI is InChI=1S/C13H12BrClN2O2/c1-2-3-9-12(18)16-11(17-13(9)19)8-5-4-7(15)6-10(8)14/h4-6H,2-3H2,1H3,(H2,16,17,18,19). The van der Waals surface area contributed by atoms with E-state index in [-0.39, 0.29) is 11.4 Å². The Kier molecular flexibility index (Phi) is 4.27. The molecule has 1 aromatic heterocycles. The molecule has 0 saturated carbocycles. The van der Waals surface area contributed by atoms with Gasteiger partial charge >= 0.3 is 0 Å². The van der Waals surface area contributed by atoms with Crippen LogP contribution in [0.4, 0.5) is 0 Å². The first-order chi connectivity index (χ1) is 9.02. The summed E-state index contributed by atoms with van der Waals surface area (Å²) >= 11 is 9.22. The van der Waals surface area contributed by atoms with E-state index >= 15 is 0 Å². The molecule has 6 heteroatoms. The van der Waals surface area contributed by atoms with Gasteiger partial charge in [0.25, 0.3) is 5.56 Å². The normalized spacial score (nSPS) is 10.7. The maximum atomic E-state index is 11.9. The minimum absolute atomic E-state index is 0.220. The Balaban J connectivity index is 2.55. The monoisotopic (exact) mass is 342 g/mol. The van der Waals surface area contributed by atoms with Gasteiger partial charge in [-0.15, -0.1) is 0 Å². The number of nitrogens with one attached hydrogen (secondary N) is 1. The van der Waals surface area contributed by atoms with Crippen molar-refractivity contribution in [2.75, 3.05) is 0 Å². The smallest absolute Gasteiger partial charge is 0.258 e. The fraction of sp³-hybridized carbons (Fsp3) is 0.231. The summed E-state index contributed by atoms with van der Waals surface area (Å²) in [5, 5.41) is 10.4. The minimum atomic E-state index is -0.314. The topological polar surface area (TPSA) is 66.0 Å². The lowest BCUT2D eigenvalue weighted by molar-refractivity contribution is 0.443. The highest BCUT2D eigenvalue weighted by Gasteiger charge is 2.13. The van der Waals surface area contributed by atoms with Crippen molar-refractivity contribution in [3.05, 3.63) is 43.6 Å². The van der Waals surface area contributed by atoms with Gasteiger partial charge in [-0.05, 0) is 40.5 Å². The molecular formula is C13H12BrClN2O2. The maximum absolute atomic E-state index is 11.9. The van der Waals surface area contributed by atoms with E-state index in [0.29, 0.717) is 32.9 Å². The third-order valence-corrected chi connectivity index (χ3v) is 3.57. The van der Waals surface area contributed by atoms with E-state index in [2.05, 4.69) is 25.9 Å². The number of rotatable bonds is 3. The third kappa shape index (κ3) is 2.98. The van der Waals surface area contributed by atoms with Gasteiger partial charge in [0.05, 0.1) is 5.56 Å². The lowest BCUT2D eigenvalue weighted by atomic mass is 10.1. The van der Waals surface area contributed by atoms with Gasteiger partial charge in [0, 0.05) is 15.1 Å². The van der Waals surface area contributed by atoms with Crippen molar-refractivity contribution in [1.29, 1.82) is 0 Å². The van der Waals surface area contributed by atoms with Crippen molar-refractivity contribution in [2.45, 2.75) is 19.8 Å². The van der Waals surface area contributed by atoms with Crippen LogP contribution in [0, 0.1) is 0 Å². The number of hydrogen-bond donors (Lipinski definition) is 2. The Morgan fingerprint density at radius 3 is 2.79 bits per heavy atom. The van der Waals surface area contributed by atoms with Gasteiger partial charge in [0.1, 0.15) is 5.82 Å². The van der Waals surface area contributed by atoms with Crippen LogP contribution in [0.5, 0.6) is 5.88 Å². The predicted molar refractivity (Wildman–Crippen MR) is 78.7 cm³/mol. The van der Waals surface area contributed by atoms with Crippen LogP contribution < -0.4 is 5.56 Å². The zero-order valence-corrected chi connectivity index (χ0v) is 12.5. The lowest BCUT2D eigenvalue weighted by Crippen LogP contribution is -2.15. The number of halogens is 2. The molecule has 0 unspecified atom stereocenters. The molecule has 0 saturated heterocycles. The van der Waals surface area contributed by atoms with Crippen LogP contribution in [-0.2, 0) is 6.42 Å². The summed E-state index contributed by atoms with van der Waals surface area (Å²) in [7, 11) is 0. The molecule has 0 fully saturated rings. The zero-order chi connectivity index (χ0) is 14.0. The average Bonchev–Trinajstić information content (AvgIpc) is 2.33. The fourth-order valence-corrected chi connectivity index (χ4v) is 2.64. The molecule has 1 heterocycles. The number of benzene rings is 1. The Morgan fingerprint density at radius 2 is 2.21 bits per heavy atom. The summed E-state index contributed by atoms with van der Waals surface area (Å²) in [6.45, 7) is 1.93. The maximum Gasteiger partial charge on any atom is 0.258 e. The predicted octanol–water partition coefficient (Wildman–Crippen LogP) is 3.51. The largest absolute Gasteiger partial charge is 0.493 e. The van der Waals surface area contributed by atoms with Gasteiger partial charge in [-0.25, -0.2) is 0 Å². The van der Waals surface area contributed by atoms with Gasteiger partial charge in [0.2, 0.25) is 5.88 Å². The summed E-state index contributed by atoms with van der Waals surface area (Å²) in [6, 6.07) is 5.12. The number of aromatic hydroxyl groups is 1. The highest BCUT2D eigenvalue weighted by Crippen LogP contribution is 2.29. The Labute approximate surface area is 123 Å². The molecule has 0 bridgehead atoms. The molecule has 0 aliphatic heterocycles. The van der Waals surface area contributed by atoms with E-state index < -0.39 is 0 Å². The van der Waals surface area contributed by atoms with Crippen molar-refractivity contribution in [3.63, 3.8) is 0 Å². The summed E-state index contributed by atoms with van der Waals surface area (Å²) in [6.07, 6.45) is 1.26. The molecule has 2 rings (SSSR count). The molecule has 0 spiro atoms. The SMILES string of the molecule is CCCc1c(O)nc(-c2ccc(Cl)cc2Br)[nH]c1=O. The van der Waals surface area contributed by atoms with Crippen LogP contribution in [0.1, 0.15) is 18.9 Å². The van der Waals surface area contributed by atoms with Gasteiger partial charge in [-0.1, -0.05) is 24.9 Å². The highest BCUT2D eigenvalue weighted by molar-refractivity contribution is 9.10. The van der Waals surface area contributed by atoms with E-state index in [0.717, 1.165) is 6.42 Å². The number of H-pyrrole nitrogens is 1. The van der Waals surface area contributed by atoms with Crippen molar-refractivity contribution < 1.29 is 5.11 Å². The quantitative estimate of drug-likeness (QED) is 0.896. The average molecular weight is 344 g/mol. The molecule has 0 aliphatic rings. The first kappa shape index (κ1) is 14.1. The zero-order valence-electron chi connectivity index (χ0n) is 10.2. The van der Waals surface area contributed by atoms with Gasteiger partial charge < -0.3 is 10.1 Å². The van der Waals surface area contributed by atoms with Crippen LogP contribution in [0.2, 0.25) is 5.02 Å². The van der Waals surface area contributed by atoms with Gasteiger partial charge in [-0.2, -0.15) is 4.98 Å². The van der Waals surface area contributed by atoms with E-state index in [9.17, 15) is 9.90 Å². The highest BCUT2D eigenvalue weighted by atomic mass is 79.9. The van der Waals surface area contributed by atoms with Crippen molar-refractivity contribution in [1.82, 2.24) is 9.97 Å². The van der Waals surface area contributed by atoms with E-state index in [4.69, 9.17) is 11.6 Å². The molecule has 1 aromatic carbocycles. The molecule has 100 valence electrons. The molecule has 19 heavy (non-hydrogen) atoms. The van der Waals surface area contributed by atoms with Crippen LogP contribution in [0.3, 0.4) is 0 Å². The third-order valence-electron chi connectivity index (χ3n) is 2.68. The van der Waals surface area contributed by atoms with Crippen molar-refractivity contribution in [3.8, 4) is 17.3 Å². The summed E-state index contributed by atoms with van der Waals surface area (Å²) in [4.78, 5) is 18.6. The number of nitrogens with zero attached hydrogens (tertiary/aromatic N) is 1. The second-order valence-electron chi connectivity index (χ2n) is 4.09. The van der Waals surface area contributed by atoms with Gasteiger partial charge in [-0.3, -0.25) is 4.79 Å². The van der Waals surface area contributed by atoms with Crippen LogP contribution in [0.25, 0.3) is 11.4 Å². The molecule has 4 nitrogen and oxygen atoms in total. The Morgan fingerprint density at radius 1 is 1.47 bits per heavy atom. The molecule has 0 radical (unpaired) electrons. The summed E-state index contributed by atoms with van der Waals surface area (Å²) < 4.78 is 0.700. The van der Waals surface area contributed by atoms with Gasteiger partial charge in [0.15, 0.2) is 0 Å². The fourth-order valence-electron chi connectivity index (χ4n) is 1.77. The lowest BCUT2D eigenvalue weighted by Gasteiger charge is -2.07. The van der Waals surface area contributed by atoms with E-state index in [1.54, 1.807) is 18.2 Å². The molecule has 0 atom stereocenters. The van der Waals surface area contributed by atoms with Crippen LogP contribution in [-0.4, -0.2) is 15.1 Å². The molecular weight excluding hydrogens is 332 g/mol. The second-order valence-corrected chi connectivity index (χ2v) is 5.38. The second kappa shape index (κ2) is 5.75. The number of hydrogen-bond acceptors (Lipinski definition) is 3. The Hall–Kier alpha value is -1.33. The molecule has 0 aliphatic carbocycles. The summed E-state index contributed by atoms with van der Waals surface area (Å²) in [5.74, 6) is 0.0911. The van der Waals surface area contributed by atoms with Crippen LogP contribution in [0.15, 0.2) is 27.5 Å². The Bertz CT molecular complexity index is 670. The van der Waals surface area contributed by atoms with Crippen LogP contribution >= 0.6 is 27.5 Å². The van der Waals surface area contributed by atoms with Crippen molar-refractivity contribution >= 4 is 27.5 Å². The van der Waals surface area contributed by atoms with E-state index in [1.807, 2.05) is 6.92 Å². The number of aromatic amines is 1.